The van der Waals surface area contributed by atoms with Crippen LogP contribution in [-0.2, 0) is 0 Å². The molecule has 3 rings (SSSR count). The maximum Gasteiger partial charge on any atom is 0.0607 e. The van der Waals surface area contributed by atoms with E-state index >= 15 is 0 Å². The lowest BCUT2D eigenvalue weighted by atomic mass is 9.90. The van der Waals surface area contributed by atoms with Crippen LogP contribution in [0, 0.1) is 6.92 Å². The van der Waals surface area contributed by atoms with Crippen molar-refractivity contribution in [3.63, 3.8) is 0 Å². The molecule has 0 aromatic heterocycles. The van der Waals surface area contributed by atoms with E-state index in [-0.39, 0.29) is 0 Å². The SMILES string of the molecule is Cc1ccc2c(c1)N(C1CCC1)CCN2. The van der Waals surface area contributed by atoms with E-state index < -0.39 is 0 Å². The third-order valence-electron chi connectivity index (χ3n) is 3.65. The van der Waals surface area contributed by atoms with Crippen LogP contribution in [0.5, 0.6) is 0 Å². The Bertz CT molecular complexity index is 369. The summed E-state index contributed by atoms with van der Waals surface area (Å²) < 4.78 is 0. The van der Waals surface area contributed by atoms with Gasteiger partial charge in [-0.1, -0.05) is 6.07 Å². The summed E-state index contributed by atoms with van der Waals surface area (Å²) in [5.41, 5.74) is 4.10. The first kappa shape index (κ1) is 9.08. The van der Waals surface area contributed by atoms with Gasteiger partial charge in [0.15, 0.2) is 0 Å². The Labute approximate surface area is 91.3 Å². The van der Waals surface area contributed by atoms with Gasteiger partial charge in [0, 0.05) is 19.1 Å². The molecule has 0 bridgehead atoms. The smallest absolute Gasteiger partial charge is 0.0607 e. The van der Waals surface area contributed by atoms with Crippen LogP contribution in [0.1, 0.15) is 24.8 Å². The van der Waals surface area contributed by atoms with Crippen molar-refractivity contribution in [1.82, 2.24) is 0 Å². The van der Waals surface area contributed by atoms with Crippen LogP contribution in [0.4, 0.5) is 11.4 Å². The molecule has 2 nitrogen and oxygen atoms in total. The van der Waals surface area contributed by atoms with E-state index in [9.17, 15) is 0 Å². The number of benzene rings is 1. The molecule has 15 heavy (non-hydrogen) atoms. The van der Waals surface area contributed by atoms with Crippen LogP contribution in [0.2, 0.25) is 0 Å². The molecule has 0 amide bonds. The Morgan fingerprint density at radius 3 is 2.93 bits per heavy atom. The predicted octanol–water partition coefficient (Wildman–Crippen LogP) is 2.78. The van der Waals surface area contributed by atoms with Gasteiger partial charge in [0.05, 0.1) is 11.4 Å². The van der Waals surface area contributed by atoms with Crippen molar-refractivity contribution in [2.75, 3.05) is 23.3 Å². The third kappa shape index (κ3) is 1.48. The molecule has 1 aliphatic carbocycles. The van der Waals surface area contributed by atoms with Gasteiger partial charge in [0.1, 0.15) is 0 Å². The molecule has 80 valence electrons. The van der Waals surface area contributed by atoms with E-state index in [1.807, 2.05) is 0 Å². The lowest BCUT2D eigenvalue weighted by Crippen LogP contribution is -2.45. The minimum Gasteiger partial charge on any atom is -0.382 e. The molecule has 1 fully saturated rings. The maximum absolute atomic E-state index is 3.48. The predicted molar refractivity (Wildman–Crippen MR) is 64.7 cm³/mol. The average Bonchev–Trinajstić information content (AvgIpc) is 2.16. The highest BCUT2D eigenvalue weighted by Gasteiger charge is 2.28. The standard InChI is InChI=1S/C13H18N2/c1-10-5-6-12-13(9-10)15(8-7-14-12)11-3-2-4-11/h5-6,9,11,14H,2-4,7-8H2,1H3. The van der Waals surface area contributed by atoms with Crippen LogP contribution < -0.4 is 10.2 Å². The molecule has 0 atom stereocenters. The number of nitrogens with zero attached hydrogens (tertiary/aromatic N) is 1. The average molecular weight is 202 g/mol. The van der Waals surface area contributed by atoms with Crippen molar-refractivity contribution in [2.24, 2.45) is 0 Å². The van der Waals surface area contributed by atoms with E-state index in [0.717, 1.165) is 12.6 Å². The van der Waals surface area contributed by atoms with Gasteiger partial charge >= 0.3 is 0 Å². The number of anilines is 2. The van der Waals surface area contributed by atoms with E-state index in [1.54, 1.807) is 0 Å². The van der Waals surface area contributed by atoms with Crippen molar-refractivity contribution in [3.8, 4) is 0 Å². The molecule has 0 saturated heterocycles. The molecule has 0 unspecified atom stereocenters. The van der Waals surface area contributed by atoms with Crippen molar-refractivity contribution in [2.45, 2.75) is 32.2 Å². The van der Waals surface area contributed by atoms with Gasteiger partial charge in [0.25, 0.3) is 0 Å². The van der Waals surface area contributed by atoms with Crippen LogP contribution in [0.15, 0.2) is 18.2 Å². The van der Waals surface area contributed by atoms with Crippen LogP contribution in [-0.4, -0.2) is 19.1 Å². The molecule has 1 saturated carbocycles. The highest BCUT2D eigenvalue weighted by molar-refractivity contribution is 5.73. The van der Waals surface area contributed by atoms with Crippen molar-refractivity contribution >= 4 is 11.4 Å². The van der Waals surface area contributed by atoms with E-state index in [4.69, 9.17) is 0 Å². The molecule has 0 spiro atoms. The maximum atomic E-state index is 3.48. The molecule has 2 heteroatoms. The van der Waals surface area contributed by atoms with Gasteiger partial charge in [-0.05, 0) is 43.9 Å². The number of rotatable bonds is 1. The molecule has 1 N–H and O–H groups in total. The third-order valence-corrected chi connectivity index (χ3v) is 3.65. The zero-order chi connectivity index (χ0) is 10.3. The van der Waals surface area contributed by atoms with Gasteiger partial charge in [-0.25, -0.2) is 0 Å². The van der Waals surface area contributed by atoms with Gasteiger partial charge < -0.3 is 10.2 Å². The fourth-order valence-corrected chi connectivity index (χ4v) is 2.54. The van der Waals surface area contributed by atoms with Crippen molar-refractivity contribution < 1.29 is 0 Å². The fourth-order valence-electron chi connectivity index (χ4n) is 2.54. The van der Waals surface area contributed by atoms with E-state index in [0.29, 0.717) is 0 Å². The second kappa shape index (κ2) is 3.44. The Morgan fingerprint density at radius 1 is 1.33 bits per heavy atom. The summed E-state index contributed by atoms with van der Waals surface area (Å²) in [6.07, 6.45) is 4.18. The molecular formula is C13H18N2. The number of hydrogen-bond acceptors (Lipinski definition) is 2. The number of hydrogen-bond donors (Lipinski definition) is 1. The summed E-state index contributed by atoms with van der Waals surface area (Å²) in [6, 6.07) is 7.54. The Hall–Kier alpha value is -1.18. The summed E-state index contributed by atoms with van der Waals surface area (Å²) in [4.78, 5) is 2.60. The van der Waals surface area contributed by atoms with Gasteiger partial charge in [-0.2, -0.15) is 0 Å². The highest BCUT2D eigenvalue weighted by Crippen LogP contribution is 2.36. The summed E-state index contributed by atoms with van der Waals surface area (Å²) in [5, 5.41) is 3.48. The first-order valence-electron chi connectivity index (χ1n) is 5.96. The summed E-state index contributed by atoms with van der Waals surface area (Å²) in [7, 11) is 0. The lowest BCUT2D eigenvalue weighted by molar-refractivity contribution is 0.387. The fraction of sp³-hybridized carbons (Fsp3) is 0.538. The monoisotopic (exact) mass is 202 g/mol. The van der Waals surface area contributed by atoms with Crippen molar-refractivity contribution in [1.29, 1.82) is 0 Å². The topological polar surface area (TPSA) is 15.3 Å². The second-order valence-corrected chi connectivity index (χ2v) is 4.73. The Kier molecular flexibility index (Phi) is 2.08. The quantitative estimate of drug-likeness (QED) is 0.753. The number of fused-ring (bicyclic) bond motifs is 1. The Morgan fingerprint density at radius 2 is 2.20 bits per heavy atom. The van der Waals surface area contributed by atoms with Gasteiger partial charge in [-0.15, -0.1) is 0 Å². The number of nitrogens with one attached hydrogen (secondary N) is 1. The second-order valence-electron chi connectivity index (χ2n) is 4.73. The Balaban J connectivity index is 1.96. The molecular weight excluding hydrogens is 184 g/mol. The molecule has 1 aliphatic heterocycles. The molecule has 1 aromatic rings. The zero-order valence-electron chi connectivity index (χ0n) is 9.29. The molecule has 1 aromatic carbocycles. The molecule has 2 aliphatic rings. The lowest BCUT2D eigenvalue weighted by Gasteiger charge is -2.42. The molecule has 0 radical (unpaired) electrons. The van der Waals surface area contributed by atoms with Gasteiger partial charge in [-0.3, -0.25) is 0 Å². The van der Waals surface area contributed by atoms with Gasteiger partial charge in [0.2, 0.25) is 0 Å². The van der Waals surface area contributed by atoms with E-state index in [2.05, 4.69) is 35.3 Å². The summed E-state index contributed by atoms with van der Waals surface area (Å²) in [6.45, 7) is 4.43. The zero-order valence-corrected chi connectivity index (χ0v) is 9.29. The summed E-state index contributed by atoms with van der Waals surface area (Å²) in [5.74, 6) is 0. The number of aryl methyl sites for hydroxylation is 1. The normalized spacial score (nSPS) is 20.5. The highest BCUT2D eigenvalue weighted by atomic mass is 15.2. The first-order chi connectivity index (χ1) is 7.34. The van der Waals surface area contributed by atoms with Crippen molar-refractivity contribution in [3.05, 3.63) is 23.8 Å². The minimum atomic E-state index is 0.813. The van der Waals surface area contributed by atoms with Crippen LogP contribution in [0.25, 0.3) is 0 Å². The minimum absolute atomic E-state index is 0.813. The largest absolute Gasteiger partial charge is 0.382 e. The first-order valence-corrected chi connectivity index (χ1v) is 5.96. The van der Waals surface area contributed by atoms with Crippen LogP contribution >= 0.6 is 0 Å². The molecule has 1 heterocycles. The van der Waals surface area contributed by atoms with Crippen LogP contribution in [0.3, 0.4) is 0 Å². The summed E-state index contributed by atoms with van der Waals surface area (Å²) >= 11 is 0. The van der Waals surface area contributed by atoms with E-state index in [1.165, 1.54) is 42.7 Å².